The maximum Gasteiger partial charge on any atom is 0.311 e. The first-order chi connectivity index (χ1) is 16.4. The van der Waals surface area contributed by atoms with Crippen LogP contribution in [0.5, 0.6) is 5.75 Å². The van der Waals surface area contributed by atoms with Crippen LogP contribution in [0.25, 0.3) is 22.0 Å². The minimum absolute atomic E-state index is 0.143. The van der Waals surface area contributed by atoms with Gasteiger partial charge in [-0.25, -0.2) is 0 Å². The van der Waals surface area contributed by atoms with Crippen LogP contribution in [-0.4, -0.2) is 27.1 Å². The van der Waals surface area contributed by atoms with Crippen molar-refractivity contribution in [1.29, 1.82) is 0 Å². The summed E-state index contributed by atoms with van der Waals surface area (Å²) in [5.74, 6) is -1.39. The van der Waals surface area contributed by atoms with E-state index in [0.717, 1.165) is 16.5 Å². The fourth-order valence-electron chi connectivity index (χ4n) is 4.69. The second kappa shape index (κ2) is 8.67. The lowest BCUT2D eigenvalue weighted by Crippen LogP contribution is -2.18. The summed E-state index contributed by atoms with van der Waals surface area (Å²) in [6, 6.07) is 19.1. The predicted octanol–water partition coefficient (Wildman–Crippen LogP) is 5.55. The van der Waals surface area contributed by atoms with E-state index in [9.17, 15) is 20.0 Å². The molecule has 1 unspecified atom stereocenters. The Hall–Kier alpha value is -4.13. The molecule has 2 N–H and O–H groups in total. The molecule has 0 spiro atoms. The summed E-state index contributed by atoms with van der Waals surface area (Å²) in [4.78, 5) is 26.3. The van der Waals surface area contributed by atoms with E-state index in [1.165, 1.54) is 17.2 Å². The highest BCUT2D eigenvalue weighted by molar-refractivity contribution is 5.87. The van der Waals surface area contributed by atoms with Gasteiger partial charge in [-0.3, -0.25) is 14.9 Å². The molecule has 7 nitrogen and oxygen atoms in total. The Kier molecular flexibility index (Phi) is 5.53. The lowest BCUT2D eigenvalue weighted by Gasteiger charge is -2.19. The maximum atomic E-state index is 12.1. The third-order valence-electron chi connectivity index (χ3n) is 6.45. The fourth-order valence-corrected chi connectivity index (χ4v) is 4.69. The number of nitrogens with one attached hydrogen (secondary N) is 1. The standard InChI is InChI=1S/C27H24N2O5/c1-16(27(30)31)10-17-11-23(20-6-7-24-21(13-20)8-9-28-24)26(25(12-17)29(32)33)34-22-14-18-4-2-3-5-19(18)15-22/h2-9,11-13,16,22,28H,10,14-15H2,1H3,(H,30,31). The molecule has 0 saturated heterocycles. The van der Waals surface area contributed by atoms with E-state index in [4.69, 9.17) is 4.74 Å². The van der Waals surface area contributed by atoms with Crippen LogP contribution in [0.15, 0.2) is 66.9 Å². The summed E-state index contributed by atoms with van der Waals surface area (Å²) < 4.78 is 6.37. The molecule has 34 heavy (non-hydrogen) atoms. The van der Waals surface area contributed by atoms with E-state index in [2.05, 4.69) is 17.1 Å². The molecule has 0 bridgehead atoms. The smallest absolute Gasteiger partial charge is 0.311 e. The van der Waals surface area contributed by atoms with Gasteiger partial charge in [-0.1, -0.05) is 37.3 Å². The van der Waals surface area contributed by atoms with Gasteiger partial charge < -0.3 is 14.8 Å². The maximum absolute atomic E-state index is 12.1. The Balaban J connectivity index is 1.61. The van der Waals surface area contributed by atoms with Gasteiger partial charge in [0.15, 0.2) is 0 Å². The molecule has 4 aromatic rings. The number of carbonyl (C=O) groups is 1. The summed E-state index contributed by atoms with van der Waals surface area (Å²) in [5.41, 5.74) is 5.17. The molecule has 0 radical (unpaired) electrons. The lowest BCUT2D eigenvalue weighted by atomic mass is 9.94. The van der Waals surface area contributed by atoms with Crippen molar-refractivity contribution >= 4 is 22.6 Å². The van der Waals surface area contributed by atoms with Crippen LogP contribution >= 0.6 is 0 Å². The number of aliphatic carboxylic acids is 1. The predicted molar refractivity (Wildman–Crippen MR) is 129 cm³/mol. The zero-order valence-electron chi connectivity index (χ0n) is 18.7. The molecule has 0 aliphatic heterocycles. The Morgan fingerprint density at radius 1 is 1.15 bits per heavy atom. The average Bonchev–Trinajstić information content (AvgIpc) is 3.45. The monoisotopic (exact) mass is 456 g/mol. The lowest BCUT2D eigenvalue weighted by molar-refractivity contribution is -0.386. The van der Waals surface area contributed by atoms with Gasteiger partial charge in [0.2, 0.25) is 5.75 Å². The van der Waals surface area contributed by atoms with Crippen LogP contribution in [-0.2, 0) is 24.1 Å². The number of fused-ring (bicyclic) bond motifs is 2. The molecule has 172 valence electrons. The van der Waals surface area contributed by atoms with Gasteiger partial charge in [-0.05, 0) is 58.3 Å². The molecule has 1 aliphatic rings. The number of aromatic amines is 1. The molecular formula is C27H24N2O5. The van der Waals surface area contributed by atoms with Crippen molar-refractivity contribution in [3.8, 4) is 16.9 Å². The third kappa shape index (κ3) is 4.12. The number of benzene rings is 3. The molecular weight excluding hydrogens is 432 g/mol. The quantitative estimate of drug-likeness (QED) is 0.280. The number of nitrogens with zero attached hydrogens (tertiary/aromatic N) is 1. The van der Waals surface area contributed by atoms with Crippen LogP contribution in [0, 0.1) is 16.0 Å². The number of H-pyrrole nitrogens is 1. The summed E-state index contributed by atoms with van der Waals surface area (Å²) >= 11 is 0. The summed E-state index contributed by atoms with van der Waals surface area (Å²) in [5, 5.41) is 22.5. The zero-order valence-corrected chi connectivity index (χ0v) is 18.7. The van der Waals surface area contributed by atoms with E-state index in [1.807, 2.05) is 48.7 Å². The van der Waals surface area contributed by atoms with E-state index in [0.29, 0.717) is 24.0 Å². The molecule has 7 heteroatoms. The summed E-state index contributed by atoms with van der Waals surface area (Å²) in [7, 11) is 0. The highest BCUT2D eigenvalue weighted by atomic mass is 16.6. The Bertz CT molecular complexity index is 1380. The minimum Gasteiger partial charge on any atom is -0.482 e. The first-order valence-corrected chi connectivity index (χ1v) is 11.2. The van der Waals surface area contributed by atoms with Gasteiger partial charge >= 0.3 is 11.7 Å². The van der Waals surface area contributed by atoms with E-state index < -0.39 is 16.8 Å². The number of hydrogen-bond donors (Lipinski definition) is 2. The zero-order chi connectivity index (χ0) is 23.8. The van der Waals surface area contributed by atoms with Gasteiger partial charge in [0.1, 0.15) is 6.10 Å². The molecule has 3 aromatic carbocycles. The second-order valence-electron chi connectivity index (χ2n) is 8.89. The van der Waals surface area contributed by atoms with Crippen molar-refractivity contribution in [2.45, 2.75) is 32.3 Å². The fraction of sp³-hybridized carbons (Fsp3) is 0.222. The van der Waals surface area contributed by atoms with Crippen LogP contribution < -0.4 is 4.74 Å². The van der Waals surface area contributed by atoms with Crippen LogP contribution in [0.1, 0.15) is 23.6 Å². The van der Waals surface area contributed by atoms with E-state index >= 15 is 0 Å². The van der Waals surface area contributed by atoms with Crippen molar-refractivity contribution in [3.05, 3.63) is 93.7 Å². The molecule has 1 atom stereocenters. The second-order valence-corrected chi connectivity index (χ2v) is 8.89. The molecule has 1 heterocycles. The van der Waals surface area contributed by atoms with Crippen molar-refractivity contribution in [1.82, 2.24) is 4.98 Å². The van der Waals surface area contributed by atoms with Crippen molar-refractivity contribution < 1.29 is 19.6 Å². The Morgan fingerprint density at radius 2 is 1.88 bits per heavy atom. The summed E-state index contributed by atoms with van der Waals surface area (Å²) in [6.45, 7) is 1.60. The molecule has 0 amide bonds. The average molecular weight is 456 g/mol. The van der Waals surface area contributed by atoms with Crippen molar-refractivity contribution in [2.24, 2.45) is 5.92 Å². The molecule has 0 fully saturated rings. The highest BCUT2D eigenvalue weighted by Crippen LogP contribution is 2.42. The van der Waals surface area contributed by atoms with Crippen molar-refractivity contribution in [2.75, 3.05) is 0 Å². The number of carboxylic acid groups (broad SMARTS) is 1. The van der Waals surface area contributed by atoms with Gasteiger partial charge in [-0.2, -0.15) is 0 Å². The number of carboxylic acids is 1. The van der Waals surface area contributed by atoms with Gasteiger partial charge in [0, 0.05) is 36.2 Å². The van der Waals surface area contributed by atoms with Gasteiger partial charge in [0.25, 0.3) is 0 Å². The Morgan fingerprint density at radius 3 is 2.56 bits per heavy atom. The number of aromatic nitrogens is 1. The minimum atomic E-state index is -0.943. The number of ether oxygens (including phenoxy) is 1. The number of nitro groups is 1. The SMILES string of the molecule is CC(Cc1cc(-c2ccc3[nH]ccc3c2)c(OC2Cc3ccccc3C2)c([N+](=O)[O-])c1)C(=O)O. The van der Waals surface area contributed by atoms with Crippen LogP contribution in [0.3, 0.4) is 0 Å². The Labute approximate surface area is 196 Å². The molecule has 0 saturated carbocycles. The highest BCUT2D eigenvalue weighted by Gasteiger charge is 2.29. The van der Waals surface area contributed by atoms with Gasteiger partial charge in [-0.15, -0.1) is 0 Å². The number of hydrogen-bond acceptors (Lipinski definition) is 4. The molecule has 1 aromatic heterocycles. The number of nitro benzene ring substituents is 1. The number of rotatable bonds is 7. The van der Waals surface area contributed by atoms with Crippen molar-refractivity contribution in [3.63, 3.8) is 0 Å². The molecule has 5 rings (SSSR count). The topological polar surface area (TPSA) is 105 Å². The van der Waals surface area contributed by atoms with E-state index in [-0.39, 0.29) is 24.0 Å². The van der Waals surface area contributed by atoms with Gasteiger partial charge in [0.05, 0.1) is 10.8 Å². The summed E-state index contributed by atoms with van der Waals surface area (Å²) in [6.07, 6.45) is 3.18. The third-order valence-corrected chi connectivity index (χ3v) is 6.45. The first-order valence-electron chi connectivity index (χ1n) is 11.2. The molecule has 1 aliphatic carbocycles. The van der Waals surface area contributed by atoms with Crippen LogP contribution in [0.4, 0.5) is 5.69 Å². The first kappa shape index (κ1) is 21.7. The largest absolute Gasteiger partial charge is 0.482 e. The van der Waals surface area contributed by atoms with Crippen LogP contribution in [0.2, 0.25) is 0 Å². The van der Waals surface area contributed by atoms with E-state index in [1.54, 1.807) is 6.92 Å². The normalized spacial score (nSPS) is 14.1.